The van der Waals surface area contributed by atoms with E-state index < -0.39 is 6.10 Å². The molecule has 1 amide bonds. The molecule has 24 heavy (non-hydrogen) atoms. The van der Waals surface area contributed by atoms with Crippen LogP contribution in [0.5, 0.6) is 0 Å². The number of carbonyl (C=O) groups is 1. The van der Waals surface area contributed by atoms with Crippen LogP contribution in [0.15, 0.2) is 35.7 Å². The molecular weight excluding hydrogens is 322 g/mol. The number of nitrogens with zero attached hydrogens (tertiary/aromatic N) is 1. The first-order valence-corrected chi connectivity index (χ1v) is 9.11. The Morgan fingerprint density at radius 1 is 1.38 bits per heavy atom. The lowest BCUT2D eigenvalue weighted by molar-refractivity contribution is -0.0170. The number of hydrogen-bond acceptors (Lipinski definition) is 4. The Labute approximate surface area is 146 Å². The lowest BCUT2D eigenvalue weighted by Gasteiger charge is -2.36. The molecule has 1 aromatic carbocycles. The number of aliphatic hydroxyl groups is 1. The van der Waals surface area contributed by atoms with E-state index in [-0.39, 0.29) is 11.9 Å². The summed E-state index contributed by atoms with van der Waals surface area (Å²) in [5, 5.41) is 12.4. The van der Waals surface area contributed by atoms with Gasteiger partial charge in [0.2, 0.25) is 0 Å². The summed E-state index contributed by atoms with van der Waals surface area (Å²) in [4.78, 5) is 15.8. The standard InChI is InChI=1S/C19H23NO3S/c1-13-8-14(2)10-15(9-13)19(22)20-5-6-23-12-16(20)11-17(21)18-4-3-7-24-18/h3-4,7-10,16-17,21H,5-6,11-12H2,1-2H3/t16-,17-/m0/s1. The van der Waals surface area contributed by atoms with Crippen molar-refractivity contribution in [2.45, 2.75) is 32.4 Å². The van der Waals surface area contributed by atoms with Gasteiger partial charge in [0.05, 0.1) is 25.4 Å². The lowest BCUT2D eigenvalue weighted by atomic mass is 10.0. The highest BCUT2D eigenvalue weighted by atomic mass is 32.1. The van der Waals surface area contributed by atoms with Crippen molar-refractivity contribution in [1.82, 2.24) is 4.90 Å². The number of aryl methyl sites for hydroxylation is 2. The lowest BCUT2D eigenvalue weighted by Crippen LogP contribution is -2.49. The highest BCUT2D eigenvalue weighted by Crippen LogP contribution is 2.27. The second-order valence-corrected chi connectivity index (χ2v) is 7.35. The van der Waals surface area contributed by atoms with Crippen LogP contribution in [0.25, 0.3) is 0 Å². The molecule has 0 saturated carbocycles. The maximum absolute atomic E-state index is 13.0. The highest BCUT2D eigenvalue weighted by Gasteiger charge is 2.30. The number of morpholine rings is 1. The summed E-state index contributed by atoms with van der Waals surface area (Å²) in [7, 11) is 0. The van der Waals surface area contributed by atoms with Crippen LogP contribution >= 0.6 is 11.3 Å². The Bertz CT molecular complexity index is 678. The van der Waals surface area contributed by atoms with Crippen molar-refractivity contribution in [2.24, 2.45) is 0 Å². The zero-order chi connectivity index (χ0) is 17.1. The highest BCUT2D eigenvalue weighted by molar-refractivity contribution is 7.10. The van der Waals surface area contributed by atoms with Gasteiger partial charge < -0.3 is 14.7 Å². The Morgan fingerprint density at radius 3 is 2.79 bits per heavy atom. The smallest absolute Gasteiger partial charge is 0.254 e. The molecule has 3 rings (SSSR count). The van der Waals surface area contributed by atoms with Crippen molar-refractivity contribution in [1.29, 1.82) is 0 Å². The van der Waals surface area contributed by atoms with E-state index >= 15 is 0 Å². The van der Waals surface area contributed by atoms with Gasteiger partial charge in [-0.05, 0) is 37.4 Å². The predicted octanol–water partition coefficient (Wildman–Crippen LogP) is 3.33. The Morgan fingerprint density at radius 2 is 2.12 bits per heavy atom. The van der Waals surface area contributed by atoms with E-state index in [0.717, 1.165) is 16.0 Å². The molecule has 1 N–H and O–H groups in total. The fourth-order valence-corrected chi connectivity index (χ4v) is 3.96. The molecule has 1 saturated heterocycles. The van der Waals surface area contributed by atoms with Gasteiger partial charge in [-0.3, -0.25) is 4.79 Å². The third-order valence-electron chi connectivity index (χ3n) is 4.32. The molecule has 0 radical (unpaired) electrons. The SMILES string of the molecule is Cc1cc(C)cc(C(=O)N2CCOC[C@@H]2C[C@H](O)c2cccs2)c1. The molecule has 1 aromatic heterocycles. The van der Waals surface area contributed by atoms with Crippen LogP contribution in [0.3, 0.4) is 0 Å². The third-order valence-corrected chi connectivity index (χ3v) is 5.30. The monoisotopic (exact) mass is 345 g/mol. The minimum Gasteiger partial charge on any atom is -0.387 e. The molecule has 4 nitrogen and oxygen atoms in total. The first kappa shape index (κ1) is 17.1. The summed E-state index contributed by atoms with van der Waals surface area (Å²) in [5.41, 5.74) is 2.88. The van der Waals surface area contributed by atoms with Crippen LogP contribution in [0.1, 0.15) is 38.9 Å². The molecule has 2 heterocycles. The first-order chi connectivity index (χ1) is 11.5. The number of ether oxygens (including phenoxy) is 1. The van der Waals surface area contributed by atoms with E-state index in [4.69, 9.17) is 4.74 Å². The van der Waals surface area contributed by atoms with Crippen LogP contribution < -0.4 is 0 Å². The minimum atomic E-state index is -0.564. The average Bonchev–Trinajstić information content (AvgIpc) is 3.08. The fraction of sp³-hybridized carbons (Fsp3) is 0.421. The molecule has 1 aliphatic heterocycles. The summed E-state index contributed by atoms with van der Waals surface area (Å²) in [6.07, 6.45) is -0.0666. The normalized spacial score (nSPS) is 19.3. The average molecular weight is 345 g/mol. The van der Waals surface area contributed by atoms with Crippen molar-refractivity contribution in [3.05, 3.63) is 57.3 Å². The zero-order valence-electron chi connectivity index (χ0n) is 14.1. The third kappa shape index (κ3) is 3.86. The molecule has 2 aromatic rings. The van der Waals surface area contributed by atoms with Crippen molar-refractivity contribution in [2.75, 3.05) is 19.8 Å². The summed E-state index contributed by atoms with van der Waals surface area (Å²) >= 11 is 1.54. The van der Waals surface area contributed by atoms with E-state index in [1.165, 1.54) is 11.3 Å². The number of carbonyl (C=O) groups excluding carboxylic acids is 1. The maximum Gasteiger partial charge on any atom is 0.254 e. The van der Waals surface area contributed by atoms with Crippen LogP contribution in [-0.2, 0) is 4.74 Å². The number of thiophene rings is 1. The number of benzene rings is 1. The van der Waals surface area contributed by atoms with Gasteiger partial charge >= 0.3 is 0 Å². The Hall–Kier alpha value is -1.69. The van der Waals surface area contributed by atoms with Crippen molar-refractivity contribution in [3.8, 4) is 0 Å². The fourth-order valence-electron chi connectivity index (χ4n) is 3.24. The van der Waals surface area contributed by atoms with E-state index in [2.05, 4.69) is 6.07 Å². The van der Waals surface area contributed by atoms with Crippen molar-refractivity contribution < 1.29 is 14.6 Å². The molecule has 0 spiro atoms. The van der Waals surface area contributed by atoms with Crippen molar-refractivity contribution in [3.63, 3.8) is 0 Å². The molecule has 5 heteroatoms. The predicted molar refractivity (Wildman–Crippen MR) is 95.5 cm³/mol. The molecule has 0 unspecified atom stereocenters. The van der Waals surface area contributed by atoms with Gasteiger partial charge in [0, 0.05) is 23.4 Å². The number of aliphatic hydroxyl groups excluding tert-OH is 1. The van der Waals surface area contributed by atoms with Gasteiger partial charge in [-0.15, -0.1) is 11.3 Å². The summed E-state index contributed by atoms with van der Waals surface area (Å²) in [6, 6.07) is 9.67. The molecule has 128 valence electrons. The van der Waals surface area contributed by atoms with Gasteiger partial charge in [0.15, 0.2) is 0 Å². The summed E-state index contributed by atoms with van der Waals surface area (Å²) in [5.74, 6) is 0.0217. The molecule has 0 bridgehead atoms. The largest absolute Gasteiger partial charge is 0.387 e. The van der Waals surface area contributed by atoms with Crippen LogP contribution in [0.4, 0.5) is 0 Å². The topological polar surface area (TPSA) is 49.8 Å². The summed E-state index contributed by atoms with van der Waals surface area (Å²) in [6.45, 7) is 5.58. The van der Waals surface area contributed by atoms with Gasteiger partial charge in [-0.1, -0.05) is 23.3 Å². The van der Waals surface area contributed by atoms with E-state index in [1.807, 2.05) is 48.4 Å². The number of amides is 1. The molecule has 1 fully saturated rings. The number of hydrogen-bond donors (Lipinski definition) is 1. The Kier molecular flexibility index (Phi) is 5.33. The van der Waals surface area contributed by atoms with Gasteiger partial charge in [0.1, 0.15) is 0 Å². The second-order valence-electron chi connectivity index (χ2n) is 6.37. The molecule has 2 atom stereocenters. The first-order valence-electron chi connectivity index (χ1n) is 8.23. The summed E-state index contributed by atoms with van der Waals surface area (Å²) < 4.78 is 5.56. The van der Waals surface area contributed by atoms with Gasteiger partial charge in [-0.2, -0.15) is 0 Å². The van der Waals surface area contributed by atoms with Crippen LogP contribution in [0.2, 0.25) is 0 Å². The van der Waals surface area contributed by atoms with Gasteiger partial charge in [0.25, 0.3) is 5.91 Å². The second kappa shape index (κ2) is 7.47. The van der Waals surface area contributed by atoms with Crippen LogP contribution in [0, 0.1) is 13.8 Å². The van der Waals surface area contributed by atoms with Crippen LogP contribution in [-0.4, -0.2) is 41.7 Å². The Balaban J connectivity index is 1.77. The minimum absolute atomic E-state index is 0.0217. The van der Waals surface area contributed by atoms with E-state index in [1.54, 1.807) is 0 Å². The maximum atomic E-state index is 13.0. The molecule has 0 aliphatic carbocycles. The van der Waals surface area contributed by atoms with E-state index in [0.29, 0.717) is 31.7 Å². The van der Waals surface area contributed by atoms with E-state index in [9.17, 15) is 9.90 Å². The quantitative estimate of drug-likeness (QED) is 0.925. The molecular formula is C19H23NO3S. The number of rotatable bonds is 4. The molecule has 1 aliphatic rings. The van der Waals surface area contributed by atoms with Crippen molar-refractivity contribution >= 4 is 17.2 Å². The van der Waals surface area contributed by atoms with Gasteiger partial charge in [-0.25, -0.2) is 0 Å². The zero-order valence-corrected chi connectivity index (χ0v) is 14.9.